The Bertz CT molecular complexity index is 3250. The third kappa shape index (κ3) is 26.1. The molecule has 0 unspecified atom stereocenters. The van der Waals surface area contributed by atoms with Gasteiger partial charge in [-0.1, -0.05) is 208 Å². The Hall–Kier alpha value is -4.16. The van der Waals surface area contributed by atoms with E-state index < -0.39 is 38.4 Å². The van der Waals surface area contributed by atoms with Crippen LogP contribution in [0.3, 0.4) is 0 Å². The fourth-order valence-corrected chi connectivity index (χ4v) is 30.8. The van der Waals surface area contributed by atoms with Crippen molar-refractivity contribution in [1.29, 1.82) is 0 Å². The molecule has 0 spiro atoms. The van der Waals surface area contributed by atoms with E-state index in [1.807, 2.05) is 42.5 Å². The monoisotopic (exact) mass is 1380 g/mol. The number of aryl methyl sites for hydroxylation is 2. The molecular formula is C76H109BrN2O4S2Sn. The SMILES string of the molecule is CCCCCCCCCCCCS(=O)(=O)Nc1ccccc1-c1ccc2cc(-c3ccccc3C)ccc2c1.CCCCCCCCCCCCS(=O)(=O)Nc1ccccc1Br.CCC[CH2][Sn]([CH2]CCC)([CH2]CCC)[c]1ccc2cc(C)ccc2c1. The summed E-state index contributed by atoms with van der Waals surface area (Å²) in [7, 11) is -6.65. The van der Waals surface area contributed by atoms with Gasteiger partial charge in [0, 0.05) is 10.0 Å². The van der Waals surface area contributed by atoms with E-state index in [0.29, 0.717) is 17.8 Å². The predicted octanol–water partition coefficient (Wildman–Crippen LogP) is 23.5. The summed E-state index contributed by atoms with van der Waals surface area (Å²) in [6.07, 6.45) is 32.3. The molecule has 7 aromatic rings. The molecular weight excluding hydrogens is 1270 g/mol. The molecule has 2 N–H and O–H groups in total. The molecule has 0 heterocycles. The van der Waals surface area contributed by atoms with E-state index in [4.69, 9.17) is 0 Å². The molecule has 0 aliphatic carbocycles. The third-order valence-electron chi connectivity index (χ3n) is 17.1. The van der Waals surface area contributed by atoms with E-state index in [0.717, 1.165) is 53.1 Å². The first-order valence-corrected chi connectivity index (χ1v) is 45.2. The van der Waals surface area contributed by atoms with Crippen LogP contribution in [0.4, 0.5) is 11.4 Å². The van der Waals surface area contributed by atoms with Crippen molar-refractivity contribution in [3.63, 3.8) is 0 Å². The van der Waals surface area contributed by atoms with Crippen molar-refractivity contribution >= 4 is 90.9 Å². The van der Waals surface area contributed by atoms with Crippen LogP contribution < -0.4 is 13.0 Å². The van der Waals surface area contributed by atoms with Crippen molar-refractivity contribution in [1.82, 2.24) is 0 Å². The first-order valence-electron chi connectivity index (χ1n) is 33.6. The number of halogens is 1. The maximum absolute atomic E-state index is 12.9. The summed E-state index contributed by atoms with van der Waals surface area (Å²) < 4.78 is 62.7. The second-order valence-electron chi connectivity index (χ2n) is 24.5. The number of benzene rings is 7. The van der Waals surface area contributed by atoms with Gasteiger partial charge in [0.05, 0.1) is 22.9 Å². The minimum atomic E-state index is -3.41. The van der Waals surface area contributed by atoms with Gasteiger partial charge < -0.3 is 0 Å². The van der Waals surface area contributed by atoms with Crippen LogP contribution in [0, 0.1) is 13.8 Å². The van der Waals surface area contributed by atoms with Gasteiger partial charge in [0.1, 0.15) is 0 Å². The van der Waals surface area contributed by atoms with E-state index in [1.54, 1.807) is 23.0 Å². The molecule has 7 aromatic carbocycles. The Balaban J connectivity index is 0.000000249. The molecule has 0 atom stereocenters. The normalized spacial score (nSPS) is 11.7. The van der Waals surface area contributed by atoms with Crippen LogP contribution in [0.15, 0.2) is 150 Å². The zero-order chi connectivity index (χ0) is 61.9. The number of rotatable bonds is 38. The molecule has 0 bridgehead atoms. The summed E-state index contributed by atoms with van der Waals surface area (Å²) in [6.45, 7) is 15.9. The summed E-state index contributed by atoms with van der Waals surface area (Å²) in [4.78, 5) is 0. The van der Waals surface area contributed by atoms with E-state index in [9.17, 15) is 16.8 Å². The number of para-hydroxylation sites is 2. The van der Waals surface area contributed by atoms with Crippen molar-refractivity contribution < 1.29 is 16.8 Å². The first kappa shape index (κ1) is 72.6. The van der Waals surface area contributed by atoms with Gasteiger partial charge in [0.2, 0.25) is 20.0 Å². The Kier molecular flexibility index (Phi) is 34.2. The summed E-state index contributed by atoms with van der Waals surface area (Å²) >= 11 is 1.09. The van der Waals surface area contributed by atoms with Gasteiger partial charge in [0.25, 0.3) is 0 Å². The second-order valence-corrected chi connectivity index (χ2v) is 42.3. The van der Waals surface area contributed by atoms with Crippen molar-refractivity contribution in [3.8, 4) is 22.3 Å². The van der Waals surface area contributed by atoms with Crippen molar-refractivity contribution in [2.24, 2.45) is 0 Å². The quantitative estimate of drug-likeness (QED) is 0.0298. The summed E-state index contributed by atoms with van der Waals surface area (Å²) in [5.74, 6) is 0.363. The van der Waals surface area contributed by atoms with Crippen LogP contribution in [0.2, 0.25) is 13.3 Å². The van der Waals surface area contributed by atoms with E-state index >= 15 is 0 Å². The topological polar surface area (TPSA) is 92.3 Å². The molecule has 6 nitrogen and oxygen atoms in total. The number of fused-ring (bicyclic) bond motifs is 2. The van der Waals surface area contributed by atoms with Gasteiger partial charge in [0.15, 0.2) is 0 Å². The van der Waals surface area contributed by atoms with Gasteiger partial charge in [-0.3, -0.25) is 9.44 Å². The average molecular weight is 1380 g/mol. The molecule has 0 fully saturated rings. The Morgan fingerprint density at radius 2 is 0.733 bits per heavy atom. The zero-order valence-corrected chi connectivity index (χ0v) is 60.2. The molecule has 7 rings (SSSR count). The molecule has 0 radical (unpaired) electrons. The fourth-order valence-electron chi connectivity index (χ4n) is 11.9. The fraction of sp³-hybridized carbons (Fsp3) is 0.500. The molecule has 86 heavy (non-hydrogen) atoms. The molecule has 0 aliphatic rings. The molecule has 0 aliphatic heterocycles. The third-order valence-corrected chi connectivity index (χ3v) is 36.1. The van der Waals surface area contributed by atoms with Crippen LogP contribution in [-0.2, 0) is 20.0 Å². The Morgan fingerprint density at radius 3 is 1.22 bits per heavy atom. The first-order chi connectivity index (χ1) is 41.7. The van der Waals surface area contributed by atoms with Crippen LogP contribution in [0.25, 0.3) is 43.8 Å². The number of hydrogen-bond acceptors (Lipinski definition) is 4. The van der Waals surface area contributed by atoms with Gasteiger partial charge >= 0.3 is 154 Å². The standard InChI is InChI=1S/C35H43NO2S.C18H30BrNO2S.C11H9.3C4H9.Sn/c1-3-4-5-6-7-8-9-10-11-16-25-39(37,38)36-35-20-15-14-19-34(35)32-24-22-29-26-31(23-21-30(29)27-32)33-18-13-12-17-28(33)2;1-2-3-4-5-6-7-8-9-10-13-16-23(21,22)20-18-15-12-11-14-17(18)19;1-9-6-7-10-4-2-3-5-11(10)8-9;3*1-3-4-2;/h12-15,17-24,26-27,36H,3-11,16,25H2,1-2H3;11-12,14-15,20H,2-10,13,16H2,1H3;3-8H,1H3;3*1,3-4H2,2H3;. The molecule has 0 amide bonds. The van der Waals surface area contributed by atoms with Crippen molar-refractivity contribution in [3.05, 3.63) is 161 Å². The van der Waals surface area contributed by atoms with Gasteiger partial charge in [-0.15, -0.1) is 0 Å². The van der Waals surface area contributed by atoms with E-state index in [-0.39, 0.29) is 11.5 Å². The van der Waals surface area contributed by atoms with E-state index in [1.165, 1.54) is 167 Å². The van der Waals surface area contributed by atoms with Crippen LogP contribution in [0.5, 0.6) is 0 Å². The number of unbranched alkanes of at least 4 members (excludes halogenated alkanes) is 21. The predicted molar refractivity (Wildman–Crippen MR) is 385 cm³/mol. The molecule has 0 saturated heterocycles. The second kappa shape index (κ2) is 40.5. The zero-order valence-electron chi connectivity index (χ0n) is 54.1. The maximum atomic E-state index is 12.9. The molecule has 470 valence electrons. The number of anilines is 2. The Morgan fingerprint density at radius 1 is 0.360 bits per heavy atom. The number of sulfonamides is 2. The van der Waals surface area contributed by atoms with Crippen molar-refractivity contribution in [2.45, 2.75) is 229 Å². The van der Waals surface area contributed by atoms with Gasteiger partial charge in [-0.05, 0) is 99.1 Å². The minimum absolute atomic E-state index is 0.164. The van der Waals surface area contributed by atoms with Crippen molar-refractivity contribution in [2.75, 3.05) is 20.9 Å². The van der Waals surface area contributed by atoms with Crippen LogP contribution in [0.1, 0.15) is 213 Å². The average Bonchev–Trinajstić information content (AvgIpc) is 1.11. The van der Waals surface area contributed by atoms with E-state index in [2.05, 4.69) is 171 Å². The van der Waals surface area contributed by atoms with Gasteiger partial charge in [-0.2, -0.15) is 0 Å². The number of nitrogens with one attached hydrogen (secondary N) is 2. The molecule has 0 aromatic heterocycles. The van der Waals surface area contributed by atoms with Crippen LogP contribution >= 0.6 is 15.9 Å². The van der Waals surface area contributed by atoms with Gasteiger partial charge in [-0.25, -0.2) is 16.8 Å². The molecule has 0 saturated carbocycles. The Labute approximate surface area is 536 Å². The summed E-state index contributed by atoms with van der Waals surface area (Å²) in [5.41, 5.74) is 8.22. The number of hydrogen-bond donors (Lipinski definition) is 2. The van der Waals surface area contributed by atoms with Crippen LogP contribution in [-0.4, -0.2) is 46.7 Å². The summed E-state index contributed by atoms with van der Waals surface area (Å²) in [6, 6.07) is 50.8. The summed E-state index contributed by atoms with van der Waals surface area (Å²) in [5, 5.41) is 5.18. The molecule has 10 heteroatoms.